The molecule has 0 saturated heterocycles. The minimum absolute atomic E-state index is 0.0875. The van der Waals surface area contributed by atoms with Crippen LogP contribution in [-0.4, -0.2) is 60.1 Å². The largest absolute Gasteiger partial charge is 0.222 e. The van der Waals surface area contributed by atoms with Crippen LogP contribution in [-0.2, 0) is 18.3 Å². The molecule has 0 saturated carbocycles. The van der Waals surface area contributed by atoms with Gasteiger partial charge in [-0.3, -0.25) is 0 Å². The first-order chi connectivity index (χ1) is 41.0. The Morgan fingerprint density at radius 2 is 0.705 bits per heavy atom. The molecule has 1 aliphatic rings. The van der Waals surface area contributed by atoms with E-state index in [0.717, 1.165) is 0 Å². The molecule has 2 unspecified atom stereocenters. The summed E-state index contributed by atoms with van der Waals surface area (Å²) in [4.78, 5) is 9.54. The number of anilines is 4. The van der Waals surface area contributed by atoms with Gasteiger partial charge in [-0.25, -0.2) is 18.6 Å². The molecule has 7 aromatic rings. The van der Waals surface area contributed by atoms with Crippen LogP contribution in [0.25, 0.3) is 16.8 Å². The van der Waals surface area contributed by atoms with Crippen molar-refractivity contribution in [3.63, 3.8) is 0 Å². The number of fused-ring (bicyclic) bond motifs is 2. The Bertz CT molecular complexity index is 3360. The fourth-order valence-electron chi connectivity index (χ4n) is 13.5. The van der Waals surface area contributed by atoms with Gasteiger partial charge in [-0.05, 0) is 0 Å². The van der Waals surface area contributed by atoms with Gasteiger partial charge in [-0.2, -0.15) is 0 Å². The van der Waals surface area contributed by atoms with Crippen molar-refractivity contribution in [3.8, 4) is 0 Å². The summed E-state index contributed by atoms with van der Waals surface area (Å²) in [5, 5.41) is 9.78. The number of hydrogen-bond donors (Lipinski definition) is 0. The van der Waals surface area contributed by atoms with Crippen molar-refractivity contribution in [1.82, 2.24) is 0 Å². The third-order valence-electron chi connectivity index (χ3n) is 17.4. The topological polar surface area (TPSA) is 105 Å². The molecule has 0 amide bonds. The van der Waals surface area contributed by atoms with Gasteiger partial charge in [0, 0.05) is 0 Å². The third-order valence-corrected chi connectivity index (χ3v) is 24.3. The Hall–Kier alpha value is -4.65. The predicted molar refractivity (Wildman–Crippen MR) is 372 cm³/mol. The van der Waals surface area contributed by atoms with E-state index in [1.54, 1.807) is 0 Å². The van der Waals surface area contributed by atoms with Gasteiger partial charge in [-0.15, -0.1) is 10.2 Å². The monoisotopic (exact) mass is 1330 g/mol. The molecule has 7 aromatic carbocycles. The summed E-state index contributed by atoms with van der Waals surface area (Å²) >= 11 is 4.12. The maximum atomic E-state index is 8.49. The van der Waals surface area contributed by atoms with Gasteiger partial charge in [0.15, 0.2) is 0 Å². The van der Waals surface area contributed by atoms with Gasteiger partial charge >= 0.3 is 521 Å². The van der Waals surface area contributed by atoms with E-state index in [-0.39, 0.29) is 5.92 Å². The number of nitrogens with zero attached hydrogens (tertiary/aromatic N) is 4. The standard InChI is InChI=1S/C76H101N4P2.ClHO4.Rh/c1-45(2)61-37-55(38-62(46(3)4)73(61)77(17)18)81(56-39-63(47(5)6)74(78(19)20)64(40-56)48(7)8)69-35-33-53-29-25-27-31-59(53)71(69)72-60-32-28-26-30-54(60)34-36-70(72)82(57-41-65(49(9)10)75(79(21)22)66(42-57)50(11)12)58-43-67(51(13)14)76(80(23)24)68(44-58)52(15)16;2-1(3,4)5;/h25-52,71H,1-24H3;(H,2,3,4,5);/q;;+1/p-1. The van der Waals surface area contributed by atoms with Crippen LogP contribution in [0.3, 0.4) is 0 Å². The van der Waals surface area contributed by atoms with E-state index in [9.17, 15) is 0 Å². The number of hydrogen-bond acceptors (Lipinski definition) is 8. The molecule has 0 N–H and O–H groups in total. The number of benzene rings is 7. The molecule has 0 aromatic heterocycles. The van der Waals surface area contributed by atoms with E-state index >= 15 is 0 Å². The molecule has 0 radical (unpaired) electrons. The van der Waals surface area contributed by atoms with Gasteiger partial charge in [0.05, 0.1) is 0 Å². The van der Waals surface area contributed by atoms with Crippen LogP contribution >= 0.6 is 15.8 Å². The van der Waals surface area contributed by atoms with Crippen molar-refractivity contribution in [3.05, 3.63) is 176 Å². The molecular formula is C76H101ClN4O4P2Rh. The minimum Gasteiger partial charge on any atom is -0.222 e. The van der Waals surface area contributed by atoms with Crippen molar-refractivity contribution in [1.29, 1.82) is 0 Å². The van der Waals surface area contributed by atoms with Gasteiger partial charge in [0.2, 0.25) is 0 Å². The summed E-state index contributed by atoms with van der Waals surface area (Å²) in [5.41, 5.74) is 21.0. The number of halogens is 1. The van der Waals surface area contributed by atoms with Gasteiger partial charge < -0.3 is 0 Å². The molecule has 8 rings (SSSR count). The summed E-state index contributed by atoms with van der Waals surface area (Å²) in [6, 6.07) is 45.1. The Morgan fingerprint density at radius 1 is 0.409 bits per heavy atom. The number of rotatable bonds is 19. The molecule has 0 spiro atoms. The van der Waals surface area contributed by atoms with E-state index < -0.39 is 29.8 Å². The predicted octanol–water partition coefficient (Wildman–Crippen LogP) is 13.6. The normalized spacial score (nSPS) is 15.3. The van der Waals surface area contributed by atoms with Gasteiger partial charge in [0.25, 0.3) is 0 Å². The van der Waals surface area contributed by atoms with Crippen molar-refractivity contribution in [2.45, 2.75) is 168 Å². The second kappa shape index (κ2) is 28.5. The van der Waals surface area contributed by atoms with E-state index in [1.165, 1.54) is 121 Å². The van der Waals surface area contributed by atoms with Crippen molar-refractivity contribution >= 4 is 82.0 Å². The second-order valence-corrected chi connectivity index (χ2v) is 34.9. The average molecular weight is 1330 g/mol. The Kier molecular flexibility index (Phi) is 22.9. The van der Waals surface area contributed by atoms with Crippen molar-refractivity contribution in [2.75, 3.05) is 76.0 Å². The zero-order valence-corrected chi connectivity index (χ0v) is 61.5. The molecule has 12 heteroatoms. The number of allylic oxidation sites excluding steroid dienone is 1. The second-order valence-electron chi connectivity index (χ2n) is 27.6. The molecule has 1 aliphatic carbocycles. The summed E-state index contributed by atoms with van der Waals surface area (Å²) < 4.78 is 33.4. The molecule has 88 heavy (non-hydrogen) atoms. The zero-order valence-electron chi connectivity index (χ0n) is 57.3. The minimum atomic E-state index is -4.94. The van der Waals surface area contributed by atoms with Gasteiger partial charge in [-0.1, -0.05) is 0 Å². The molecular weight excluding hydrogens is 1230 g/mol. The first-order valence-electron chi connectivity index (χ1n) is 31.6. The van der Waals surface area contributed by atoms with Crippen LogP contribution in [0, 0.1) is 10.2 Å². The first-order valence-corrected chi connectivity index (χ1v) is 36.3. The van der Waals surface area contributed by atoms with E-state index in [4.69, 9.17) is 18.6 Å². The maximum absolute atomic E-state index is 8.49. The Labute approximate surface area is 545 Å². The van der Waals surface area contributed by atoms with E-state index in [1.807, 2.05) is 0 Å². The fourth-order valence-corrected chi connectivity index (χ4v) is 20.9. The van der Waals surface area contributed by atoms with Gasteiger partial charge in [0.1, 0.15) is 0 Å². The van der Waals surface area contributed by atoms with Crippen LogP contribution < -0.4 is 64.8 Å². The van der Waals surface area contributed by atoms with Crippen molar-refractivity contribution < 1.29 is 47.2 Å². The van der Waals surface area contributed by atoms with E-state index in [2.05, 4.69) is 326 Å². The van der Waals surface area contributed by atoms with E-state index in [0.29, 0.717) is 47.3 Å². The molecule has 0 bridgehead atoms. The average Bonchev–Trinajstić information content (AvgIpc) is 0.737. The molecule has 2 atom stereocenters. The SMILES string of the molecule is CC(C)c1cc(P(c2cc(C(C)C)c(N(C)C)c(C(C)C)c2)c2ccc3ccccc3c2C2c3ccccc3C=C[C]2([Rh+])P(c2cc(C(C)C)c(N(C)C)c(C(C)C)c2)c2cc(C(C)C)c(N(C)C)c(C(C)C)c2)cc(C(C)C)c1N(C)C.[O-][Cl+3]([O-])([O-])[O-]. The van der Waals surface area contributed by atoms with Crippen molar-refractivity contribution in [2.24, 2.45) is 0 Å². The maximum Gasteiger partial charge on any atom is -0.112 e. The summed E-state index contributed by atoms with van der Waals surface area (Å²) in [7, 11) is 10.6. The molecule has 0 aliphatic heterocycles. The Balaban J connectivity index is 0.00000212. The molecule has 0 heterocycles. The van der Waals surface area contributed by atoms with Crippen LogP contribution in [0.2, 0.25) is 0 Å². The summed E-state index contributed by atoms with van der Waals surface area (Å²) in [6.45, 7) is 38.4. The summed E-state index contributed by atoms with van der Waals surface area (Å²) in [6.07, 6.45) is 5.16. The molecule has 8 nitrogen and oxygen atoms in total. The summed E-state index contributed by atoms with van der Waals surface area (Å²) in [5.74, 6) is 2.45. The van der Waals surface area contributed by atoms with Crippen LogP contribution in [0.15, 0.2) is 115 Å². The molecule has 0 fully saturated rings. The smallest absolute Gasteiger partial charge is 0.112 e. The quantitative estimate of drug-likeness (QED) is 0.0582. The first kappa shape index (κ1) is 70.8. The van der Waals surface area contributed by atoms with Crippen LogP contribution in [0.4, 0.5) is 22.7 Å². The Morgan fingerprint density at radius 3 is 1.02 bits per heavy atom. The fraction of sp³-hybridized carbons (Fsp3) is 0.447. The third kappa shape index (κ3) is 14.8. The van der Waals surface area contributed by atoms with Crippen LogP contribution in [0.1, 0.15) is 225 Å². The molecule has 475 valence electrons. The zero-order chi connectivity index (χ0) is 65.5. The van der Waals surface area contributed by atoms with Crippen LogP contribution in [0.5, 0.6) is 0 Å².